The molecule has 0 spiro atoms. The minimum absolute atomic E-state index is 0.357. The number of allylic oxidation sites excluding steroid dienone is 1. The van der Waals surface area contributed by atoms with Crippen molar-refractivity contribution in [1.82, 2.24) is 5.32 Å². The number of hydrogen-bond donors (Lipinski definition) is 1. The van der Waals surface area contributed by atoms with E-state index in [1.54, 1.807) is 6.08 Å². The summed E-state index contributed by atoms with van der Waals surface area (Å²) >= 11 is 0. The Labute approximate surface area is 164 Å². The van der Waals surface area contributed by atoms with Gasteiger partial charge in [0.25, 0.3) is 0 Å². The zero-order valence-corrected chi connectivity index (χ0v) is 16.0. The van der Waals surface area contributed by atoms with Crippen LogP contribution in [0.1, 0.15) is 18.1 Å². The predicted molar refractivity (Wildman–Crippen MR) is 111 cm³/mol. The van der Waals surface area contributed by atoms with Gasteiger partial charge in [0.2, 0.25) is 5.91 Å². The highest BCUT2D eigenvalue weighted by Gasteiger charge is 2.25. The maximum Gasteiger partial charge on any atom is 0.322 e. The predicted octanol–water partition coefficient (Wildman–Crippen LogP) is 4.35. The molecule has 142 valence electrons. The summed E-state index contributed by atoms with van der Waals surface area (Å²) < 4.78 is 4.85. The molecule has 1 amide bonds. The maximum absolute atomic E-state index is 12.6. The van der Waals surface area contributed by atoms with Gasteiger partial charge < -0.3 is 10.1 Å². The highest BCUT2D eigenvalue weighted by Crippen LogP contribution is 2.22. The van der Waals surface area contributed by atoms with Gasteiger partial charge in [-0.15, -0.1) is 0 Å². The van der Waals surface area contributed by atoms with Crippen LogP contribution in [-0.4, -0.2) is 19.0 Å². The quantitative estimate of drug-likeness (QED) is 0.516. The summed E-state index contributed by atoms with van der Waals surface area (Å²) in [5, 5.41) is 5.07. The van der Waals surface area contributed by atoms with Crippen LogP contribution in [0.15, 0.2) is 78.9 Å². The third kappa shape index (κ3) is 4.65. The molecule has 4 heteroatoms. The first-order chi connectivity index (χ1) is 13.6. The van der Waals surface area contributed by atoms with E-state index < -0.39 is 11.9 Å². The minimum atomic E-state index is -1.000. The molecule has 1 unspecified atom stereocenters. The van der Waals surface area contributed by atoms with Crippen molar-refractivity contribution in [2.24, 2.45) is 5.92 Å². The van der Waals surface area contributed by atoms with Crippen LogP contribution in [0.2, 0.25) is 0 Å². The molecule has 3 aromatic carbocycles. The molecular formula is C24H23NO3. The van der Waals surface area contributed by atoms with Gasteiger partial charge in [-0.1, -0.05) is 72.8 Å². The fraction of sp³-hybridized carbons (Fsp3) is 0.167. The Bertz CT molecular complexity index is 1010. The summed E-state index contributed by atoms with van der Waals surface area (Å²) in [6, 6.07) is 23.7. The second-order valence-electron chi connectivity index (χ2n) is 6.62. The zero-order valence-electron chi connectivity index (χ0n) is 16.0. The molecule has 0 radical (unpaired) electrons. The lowest BCUT2D eigenvalue weighted by atomic mass is 9.98. The van der Waals surface area contributed by atoms with Gasteiger partial charge in [0, 0.05) is 6.54 Å². The monoisotopic (exact) mass is 373 g/mol. The lowest BCUT2D eigenvalue weighted by Crippen LogP contribution is -2.34. The normalized spacial score (nSPS) is 12.4. The van der Waals surface area contributed by atoms with Crippen molar-refractivity contribution in [3.8, 4) is 0 Å². The SMILES string of the molecule is COC(=O)C(/C=C(\C)c1ccc2ccccc2c1)C(=O)NCc1ccccc1. The molecule has 1 atom stereocenters. The van der Waals surface area contributed by atoms with Crippen molar-refractivity contribution in [3.63, 3.8) is 0 Å². The molecule has 0 bridgehead atoms. The highest BCUT2D eigenvalue weighted by molar-refractivity contribution is 6.01. The number of ether oxygens (including phenoxy) is 1. The van der Waals surface area contributed by atoms with Crippen LogP contribution in [0.3, 0.4) is 0 Å². The molecule has 1 N–H and O–H groups in total. The Morgan fingerprint density at radius 2 is 1.64 bits per heavy atom. The van der Waals surface area contributed by atoms with Crippen LogP contribution >= 0.6 is 0 Å². The van der Waals surface area contributed by atoms with Gasteiger partial charge >= 0.3 is 5.97 Å². The van der Waals surface area contributed by atoms with Gasteiger partial charge in [0.15, 0.2) is 5.92 Å². The third-order valence-electron chi connectivity index (χ3n) is 4.67. The number of amides is 1. The Kier molecular flexibility index (Phi) is 6.22. The molecule has 3 aromatic rings. The van der Waals surface area contributed by atoms with Gasteiger partial charge in [0.05, 0.1) is 7.11 Å². The molecule has 0 aliphatic carbocycles. The highest BCUT2D eigenvalue weighted by atomic mass is 16.5. The van der Waals surface area contributed by atoms with E-state index in [4.69, 9.17) is 4.74 Å². The van der Waals surface area contributed by atoms with E-state index in [-0.39, 0.29) is 5.91 Å². The molecule has 0 saturated heterocycles. The van der Waals surface area contributed by atoms with E-state index in [1.165, 1.54) is 7.11 Å². The van der Waals surface area contributed by atoms with Crippen LogP contribution in [0.25, 0.3) is 16.3 Å². The van der Waals surface area contributed by atoms with Crippen molar-refractivity contribution < 1.29 is 14.3 Å². The Morgan fingerprint density at radius 1 is 0.964 bits per heavy atom. The average molecular weight is 373 g/mol. The second-order valence-corrected chi connectivity index (χ2v) is 6.62. The fourth-order valence-corrected chi connectivity index (χ4v) is 3.05. The summed E-state index contributed by atoms with van der Waals surface area (Å²) in [7, 11) is 1.29. The Balaban J connectivity index is 1.81. The summed E-state index contributed by atoms with van der Waals surface area (Å²) in [5.74, 6) is -1.96. The number of hydrogen-bond acceptors (Lipinski definition) is 3. The van der Waals surface area contributed by atoms with Crippen molar-refractivity contribution in [3.05, 3.63) is 90.0 Å². The number of esters is 1. The van der Waals surface area contributed by atoms with E-state index in [2.05, 4.69) is 11.4 Å². The van der Waals surface area contributed by atoms with Gasteiger partial charge in [-0.2, -0.15) is 0 Å². The number of rotatable bonds is 6. The topological polar surface area (TPSA) is 55.4 Å². The van der Waals surface area contributed by atoms with Crippen molar-refractivity contribution in [2.45, 2.75) is 13.5 Å². The molecule has 0 saturated carbocycles. The van der Waals surface area contributed by atoms with Gasteiger partial charge in [-0.05, 0) is 40.5 Å². The van der Waals surface area contributed by atoms with Crippen molar-refractivity contribution >= 4 is 28.2 Å². The first-order valence-electron chi connectivity index (χ1n) is 9.15. The molecule has 0 aliphatic heterocycles. The number of nitrogens with one attached hydrogen (secondary N) is 1. The van der Waals surface area contributed by atoms with Crippen LogP contribution in [0.4, 0.5) is 0 Å². The smallest absolute Gasteiger partial charge is 0.322 e. The largest absolute Gasteiger partial charge is 0.468 e. The number of benzene rings is 3. The molecule has 0 aliphatic rings. The molecule has 28 heavy (non-hydrogen) atoms. The van der Waals surface area contributed by atoms with Crippen molar-refractivity contribution in [1.29, 1.82) is 0 Å². The molecular weight excluding hydrogens is 350 g/mol. The summed E-state index contributed by atoms with van der Waals surface area (Å²) in [5.41, 5.74) is 2.77. The number of methoxy groups -OCH3 is 1. The Hall–Kier alpha value is -3.40. The number of carbonyl (C=O) groups excluding carboxylic acids is 2. The fourth-order valence-electron chi connectivity index (χ4n) is 3.05. The number of fused-ring (bicyclic) bond motifs is 1. The average Bonchev–Trinajstić information content (AvgIpc) is 2.75. The summed E-state index contributed by atoms with van der Waals surface area (Å²) in [6.45, 7) is 2.25. The van der Waals surface area contributed by atoms with Gasteiger partial charge in [0.1, 0.15) is 0 Å². The first-order valence-corrected chi connectivity index (χ1v) is 9.15. The van der Waals surface area contributed by atoms with Crippen LogP contribution < -0.4 is 5.32 Å². The molecule has 0 heterocycles. The molecule has 3 rings (SSSR count). The second kappa shape index (κ2) is 9.00. The third-order valence-corrected chi connectivity index (χ3v) is 4.67. The lowest BCUT2D eigenvalue weighted by molar-refractivity contribution is -0.147. The maximum atomic E-state index is 12.6. The zero-order chi connectivity index (χ0) is 19.9. The summed E-state index contributed by atoms with van der Waals surface area (Å²) in [4.78, 5) is 24.9. The minimum Gasteiger partial charge on any atom is -0.468 e. The van der Waals surface area contributed by atoms with E-state index in [1.807, 2.05) is 73.7 Å². The van der Waals surface area contributed by atoms with Crippen molar-refractivity contribution in [2.75, 3.05) is 7.11 Å². The van der Waals surface area contributed by atoms with Gasteiger partial charge in [-0.25, -0.2) is 0 Å². The van der Waals surface area contributed by atoms with Gasteiger partial charge in [-0.3, -0.25) is 9.59 Å². The van der Waals surface area contributed by atoms with Crippen LogP contribution in [0.5, 0.6) is 0 Å². The van der Waals surface area contributed by atoms with E-state index >= 15 is 0 Å². The van der Waals surface area contributed by atoms with E-state index in [0.717, 1.165) is 27.5 Å². The standard InChI is InChI=1S/C24H23NO3/c1-17(20-13-12-19-10-6-7-11-21(19)15-20)14-22(24(27)28-2)23(26)25-16-18-8-4-3-5-9-18/h3-15,22H,16H2,1-2H3,(H,25,26)/b17-14+. The molecule has 0 fully saturated rings. The lowest BCUT2D eigenvalue weighted by Gasteiger charge is -2.13. The molecule has 4 nitrogen and oxygen atoms in total. The molecule has 0 aromatic heterocycles. The number of carbonyl (C=O) groups is 2. The van der Waals surface area contributed by atoms with E-state index in [0.29, 0.717) is 6.54 Å². The Morgan fingerprint density at radius 3 is 2.36 bits per heavy atom. The van der Waals surface area contributed by atoms with E-state index in [9.17, 15) is 9.59 Å². The first kappa shape index (κ1) is 19.4. The van der Waals surface area contributed by atoms with Crippen LogP contribution in [0, 0.1) is 5.92 Å². The van der Waals surface area contributed by atoms with Crippen LogP contribution in [-0.2, 0) is 20.9 Å². The summed E-state index contributed by atoms with van der Waals surface area (Å²) in [6.07, 6.45) is 1.66.